The SMILES string of the molecule is CC(C)(C)OC(=O)C[C@H]1COCCC/C=C\[C@@H]2C[C@@]2(C(=O)NS(=O)(=O)C2CC2)NC(=O)[C@@H]2C[C@@H](OC(=O)N3Cc4cccc(F)c4C3)CN2C1=O.CC(C)(C)OC(=O)C[C@H]1COCCC/C=C\[C@@H]2C[C@@]2(C(=O)O)NC(=O)[C@@H]2C[C@@H](OC(=O)N3Cc4cccc(F)c4C3)CN2C1=O.NS(=O)(=O)C1CC1. The van der Waals surface area contributed by atoms with E-state index in [2.05, 4.69) is 15.4 Å². The molecule has 0 bridgehead atoms. The molecule has 7 amide bonds. The third-order valence-corrected chi connectivity index (χ3v) is 22.6. The van der Waals surface area contributed by atoms with Crippen LogP contribution in [0.3, 0.4) is 0 Å². The van der Waals surface area contributed by atoms with Crippen molar-refractivity contribution < 1.29 is 107 Å². The fraction of sp³-hybridized carbons (Fsp3) is 0.629. The van der Waals surface area contributed by atoms with Crippen molar-refractivity contribution in [3.05, 3.63) is 94.6 Å². The summed E-state index contributed by atoms with van der Waals surface area (Å²) >= 11 is 0. The van der Waals surface area contributed by atoms with E-state index < -0.39 is 167 Å². The van der Waals surface area contributed by atoms with Crippen LogP contribution in [0.2, 0.25) is 0 Å². The molecule has 0 spiro atoms. The summed E-state index contributed by atoms with van der Waals surface area (Å²) in [6.45, 7) is 10.5. The van der Waals surface area contributed by atoms with Gasteiger partial charge in [-0.05, 0) is 129 Å². The lowest BCUT2D eigenvalue weighted by Crippen LogP contribution is -2.57. The number of hydrogen-bond acceptors (Lipinski definition) is 20. The molecule has 4 aliphatic carbocycles. The summed E-state index contributed by atoms with van der Waals surface area (Å²) in [5.41, 5.74) is -2.58. The van der Waals surface area contributed by atoms with E-state index in [0.29, 0.717) is 67.4 Å². The van der Waals surface area contributed by atoms with Crippen molar-refractivity contribution in [2.45, 2.75) is 215 Å². The van der Waals surface area contributed by atoms with E-state index in [0.717, 1.165) is 12.8 Å². The number of amides is 7. The van der Waals surface area contributed by atoms with Gasteiger partial charge in [-0.2, -0.15) is 0 Å². The highest BCUT2D eigenvalue weighted by molar-refractivity contribution is 7.91. The predicted molar refractivity (Wildman–Crippen MR) is 360 cm³/mol. The Morgan fingerprint density at radius 3 is 1.44 bits per heavy atom. The van der Waals surface area contributed by atoms with Gasteiger partial charge in [0.15, 0.2) is 0 Å². The van der Waals surface area contributed by atoms with Crippen LogP contribution in [0.15, 0.2) is 60.7 Å². The van der Waals surface area contributed by atoms with Gasteiger partial charge in [0, 0.05) is 62.1 Å². The number of carboxylic acids is 1. The number of benzene rings is 2. The Balaban J connectivity index is 0.000000203. The van der Waals surface area contributed by atoms with Gasteiger partial charge in [0.1, 0.15) is 58.2 Å². The lowest BCUT2D eigenvalue weighted by molar-refractivity contribution is -0.160. The van der Waals surface area contributed by atoms with Crippen molar-refractivity contribution in [3.63, 3.8) is 0 Å². The molecule has 2 aromatic carbocycles. The van der Waals surface area contributed by atoms with Crippen molar-refractivity contribution >= 4 is 79.7 Å². The molecular formula is C70H92F2N8O21S2. The Morgan fingerprint density at radius 2 is 1.05 bits per heavy atom. The number of nitrogens with two attached hydrogens (primary N) is 1. The van der Waals surface area contributed by atoms with Crippen LogP contribution in [0.5, 0.6) is 0 Å². The molecule has 6 heterocycles. The number of ether oxygens (including phenoxy) is 6. The normalized spacial score (nSPS) is 28.7. The number of nitrogens with one attached hydrogen (secondary N) is 3. The number of fused-ring (bicyclic) bond motifs is 6. The summed E-state index contributed by atoms with van der Waals surface area (Å²) in [6.07, 6.45) is 8.10. The molecular weight excluding hydrogens is 1390 g/mol. The highest BCUT2D eigenvalue weighted by atomic mass is 32.2. The molecule has 6 fully saturated rings. The number of carbonyl (C=O) groups is 10. The lowest BCUT2D eigenvalue weighted by Gasteiger charge is -2.29. The molecule has 2 saturated heterocycles. The fourth-order valence-electron chi connectivity index (χ4n) is 13.5. The van der Waals surface area contributed by atoms with Gasteiger partial charge in [-0.1, -0.05) is 48.6 Å². The third-order valence-electron chi connectivity index (χ3n) is 19.4. The van der Waals surface area contributed by atoms with Gasteiger partial charge in [-0.25, -0.2) is 45.1 Å². The van der Waals surface area contributed by atoms with E-state index in [4.69, 9.17) is 33.6 Å². The summed E-state index contributed by atoms with van der Waals surface area (Å²) in [7, 11) is -7.06. The first-order valence-corrected chi connectivity index (χ1v) is 38.0. The van der Waals surface area contributed by atoms with Crippen LogP contribution >= 0.6 is 0 Å². The first-order valence-electron chi connectivity index (χ1n) is 34.9. The van der Waals surface area contributed by atoms with Crippen molar-refractivity contribution in [1.82, 2.24) is 35.0 Å². The summed E-state index contributed by atoms with van der Waals surface area (Å²) in [5, 5.41) is 19.3. The number of aliphatic carboxylic acids is 1. The van der Waals surface area contributed by atoms with Gasteiger partial charge in [-0.15, -0.1) is 0 Å². The first kappa shape index (κ1) is 77.5. The third kappa shape index (κ3) is 19.6. The summed E-state index contributed by atoms with van der Waals surface area (Å²) in [5.74, 6) is -9.70. The van der Waals surface area contributed by atoms with Crippen LogP contribution in [0.4, 0.5) is 18.4 Å². The number of esters is 2. The lowest BCUT2D eigenvalue weighted by atomic mass is 10.0. The number of halogens is 2. The highest BCUT2D eigenvalue weighted by Crippen LogP contribution is 2.47. The largest absolute Gasteiger partial charge is 0.479 e. The molecule has 0 aromatic heterocycles. The summed E-state index contributed by atoms with van der Waals surface area (Å²) in [6, 6.07) is 6.79. The van der Waals surface area contributed by atoms with Gasteiger partial charge in [-0.3, -0.25) is 48.1 Å². The number of nitrogens with zero attached hydrogens (tertiary/aromatic N) is 4. The quantitative estimate of drug-likeness (QED) is 0.114. The van der Waals surface area contributed by atoms with E-state index in [1.165, 1.54) is 31.7 Å². The van der Waals surface area contributed by atoms with E-state index in [9.17, 15) is 78.7 Å². The number of rotatable bonds is 11. The summed E-state index contributed by atoms with van der Waals surface area (Å²) in [4.78, 5) is 139. The van der Waals surface area contributed by atoms with Crippen LogP contribution in [-0.2, 0) is 113 Å². The maximum Gasteiger partial charge on any atom is 0.410 e. The number of primary sulfonamides is 1. The van der Waals surface area contributed by atoms with E-state index in [1.807, 2.05) is 12.2 Å². The number of allylic oxidation sites excluding steroid dienone is 2. The van der Waals surface area contributed by atoms with E-state index >= 15 is 0 Å². The zero-order chi connectivity index (χ0) is 74.7. The molecule has 6 aliphatic heterocycles. The topological polar surface area (TPSA) is 390 Å². The van der Waals surface area contributed by atoms with E-state index in [-0.39, 0.29) is 103 Å². The van der Waals surface area contributed by atoms with Gasteiger partial charge >= 0.3 is 30.1 Å². The van der Waals surface area contributed by atoms with Crippen LogP contribution in [0.25, 0.3) is 0 Å². The minimum Gasteiger partial charge on any atom is -0.479 e. The number of hydrogen-bond donors (Lipinski definition) is 5. The Bertz CT molecular complexity index is 3930. The zero-order valence-electron chi connectivity index (χ0n) is 58.6. The zero-order valence-corrected chi connectivity index (χ0v) is 60.2. The molecule has 103 heavy (non-hydrogen) atoms. The predicted octanol–water partition coefficient (Wildman–Crippen LogP) is 4.80. The molecule has 29 nitrogen and oxygen atoms in total. The average Bonchev–Trinajstić information content (AvgIpc) is 1.58. The molecule has 0 radical (unpaired) electrons. The molecule has 6 N–H and O–H groups in total. The average molecular weight is 1480 g/mol. The van der Waals surface area contributed by atoms with Gasteiger partial charge in [0.2, 0.25) is 43.7 Å². The second kappa shape index (κ2) is 31.3. The van der Waals surface area contributed by atoms with Crippen LogP contribution in [0.1, 0.15) is 154 Å². The molecule has 4 saturated carbocycles. The Labute approximate surface area is 596 Å². The van der Waals surface area contributed by atoms with Crippen LogP contribution < -0.4 is 20.5 Å². The Kier molecular flexibility index (Phi) is 23.5. The van der Waals surface area contributed by atoms with E-state index in [1.54, 1.807) is 78.0 Å². The summed E-state index contributed by atoms with van der Waals surface area (Å²) < 4.78 is 111. The highest BCUT2D eigenvalue weighted by Gasteiger charge is 2.63. The molecule has 564 valence electrons. The maximum atomic E-state index is 14.4. The minimum atomic E-state index is -3.93. The van der Waals surface area contributed by atoms with Crippen LogP contribution in [-0.4, -0.2) is 198 Å². The van der Waals surface area contributed by atoms with Gasteiger partial charge in [0.25, 0.3) is 5.91 Å². The van der Waals surface area contributed by atoms with Crippen molar-refractivity contribution in [2.24, 2.45) is 28.8 Å². The van der Waals surface area contributed by atoms with Crippen LogP contribution in [0, 0.1) is 35.3 Å². The number of sulfonamides is 2. The van der Waals surface area contributed by atoms with Crippen molar-refractivity contribution in [3.8, 4) is 0 Å². The number of carbonyl (C=O) groups excluding carboxylic acids is 9. The molecule has 12 rings (SSSR count). The first-order chi connectivity index (χ1) is 48.4. The fourth-order valence-corrected chi connectivity index (χ4v) is 15.6. The Hall–Kier alpha value is -8.14. The van der Waals surface area contributed by atoms with Gasteiger partial charge < -0.3 is 54.0 Å². The standard InChI is InChI=1S/C35H45FN4O10S.C32H40FN3O9.C3H7NO2S/c1-34(2,3)50-29(41)14-22-20-48-13-6-4-5-9-23-16-35(23,32(44)38-51(46,47)25-11-12-25)37-30(42)28-15-24(18-40(28)31(22)43)49-33(45)39-17-21-8-7-10-27(36)26(21)19-39;1-31(2,3)45-26(37)12-20-18-43-11-6-4-5-9-21-14-32(21,29(40)41)34-27(38)25-13-22(16-36(25)28(20)39)44-30(42)35-15-19-8-7-10-24(33)23(19)17-35;4-7(5,6)3-1-2-3/h5,7-10,22-25,28H,4,6,11-20H2,1-3H3,(H,37,42)(H,38,44);5,7-10,20-22,25H,4,6,11-18H2,1-3H3,(H,34,38)(H,40,41);3H,1-2H2,(H2,4,5,6)/b2*9-5-;/t22-,23+,24+,28-,35+;20-,21+,22+,25-,32+;/m00./s1. The molecule has 33 heteroatoms. The maximum absolute atomic E-state index is 14.4. The molecule has 10 aliphatic rings. The molecule has 0 unspecified atom stereocenters. The smallest absolute Gasteiger partial charge is 0.410 e. The van der Waals surface area contributed by atoms with Crippen molar-refractivity contribution in [2.75, 3.05) is 39.5 Å². The minimum absolute atomic E-state index is 0.00821. The Morgan fingerprint density at radius 1 is 0.631 bits per heavy atom. The van der Waals surface area contributed by atoms with Gasteiger partial charge in [0.05, 0.1) is 74.6 Å². The van der Waals surface area contributed by atoms with Crippen molar-refractivity contribution in [1.29, 1.82) is 0 Å². The monoisotopic (exact) mass is 1480 g/mol. The molecule has 10 atom stereocenters. The number of carboxylic acid groups (broad SMARTS) is 1. The molecule has 2 aromatic rings. The second-order valence-electron chi connectivity index (χ2n) is 30.0. The second-order valence-corrected chi connectivity index (χ2v) is 33.8.